The first-order chi connectivity index (χ1) is 8.31. The normalized spacial score (nSPS) is 12.1. The Labute approximate surface area is 108 Å². The quantitative estimate of drug-likeness (QED) is 0.365. The molecule has 0 rings (SSSR count). The fourth-order valence-electron chi connectivity index (χ4n) is 2.15. The Morgan fingerprint density at radius 2 is 1.29 bits per heavy atom. The van der Waals surface area contributed by atoms with Crippen LogP contribution in [0.1, 0.15) is 84.5 Å². The van der Waals surface area contributed by atoms with E-state index in [9.17, 15) is 0 Å². The van der Waals surface area contributed by atoms with Gasteiger partial charge in [-0.25, -0.2) is 0 Å². The molecule has 1 nitrogen and oxygen atoms in total. The zero-order valence-corrected chi connectivity index (χ0v) is 12.0. The summed E-state index contributed by atoms with van der Waals surface area (Å²) in [5.74, 6) is 0. The van der Waals surface area contributed by atoms with Gasteiger partial charge < -0.3 is 5.11 Å². The average molecular weight is 240 g/mol. The molecule has 0 heterocycles. The van der Waals surface area contributed by atoms with Crippen LogP contribution in [0.15, 0.2) is 11.6 Å². The second-order valence-corrected chi connectivity index (χ2v) is 5.17. The Bertz CT molecular complexity index is 172. The van der Waals surface area contributed by atoms with Gasteiger partial charge in [-0.2, -0.15) is 0 Å². The van der Waals surface area contributed by atoms with Gasteiger partial charge in [0.25, 0.3) is 0 Å². The van der Waals surface area contributed by atoms with Crippen molar-refractivity contribution in [2.45, 2.75) is 84.5 Å². The number of unbranched alkanes of at least 4 members (excludes halogenated alkanes) is 9. The Kier molecular flexibility index (Phi) is 13.5. The molecule has 0 amide bonds. The van der Waals surface area contributed by atoms with Crippen LogP contribution >= 0.6 is 0 Å². The van der Waals surface area contributed by atoms with Gasteiger partial charge in [0.1, 0.15) is 0 Å². The van der Waals surface area contributed by atoms with Gasteiger partial charge in [0.15, 0.2) is 0 Å². The van der Waals surface area contributed by atoms with E-state index in [0.717, 1.165) is 6.42 Å². The smallest absolute Gasteiger partial charge is 0.0614 e. The molecule has 1 N–H and O–H groups in total. The lowest BCUT2D eigenvalue weighted by molar-refractivity contribution is 0.341. The van der Waals surface area contributed by atoms with E-state index in [1.54, 1.807) is 0 Å². The molecule has 102 valence electrons. The lowest BCUT2D eigenvalue weighted by Crippen LogP contribution is -1.84. The van der Waals surface area contributed by atoms with Gasteiger partial charge in [-0.1, -0.05) is 76.4 Å². The van der Waals surface area contributed by atoms with E-state index in [2.05, 4.69) is 13.8 Å². The van der Waals surface area contributed by atoms with Crippen LogP contribution in [0.25, 0.3) is 0 Å². The minimum absolute atomic E-state index is 0.198. The maximum absolute atomic E-state index is 8.72. The van der Waals surface area contributed by atoms with E-state index in [4.69, 9.17) is 5.11 Å². The molecular weight excluding hydrogens is 208 g/mol. The summed E-state index contributed by atoms with van der Waals surface area (Å²) in [7, 11) is 0. The number of rotatable bonds is 12. The molecule has 0 fully saturated rings. The van der Waals surface area contributed by atoms with Crippen molar-refractivity contribution in [1.82, 2.24) is 0 Å². The summed E-state index contributed by atoms with van der Waals surface area (Å²) in [5.41, 5.74) is 1.34. The predicted octanol–water partition coefficient (Wildman–Crippen LogP) is 5.24. The van der Waals surface area contributed by atoms with Gasteiger partial charge in [0, 0.05) is 0 Å². The maximum atomic E-state index is 8.72. The summed E-state index contributed by atoms with van der Waals surface area (Å²) < 4.78 is 0. The van der Waals surface area contributed by atoms with Crippen molar-refractivity contribution in [3.05, 3.63) is 11.6 Å². The molecule has 0 aromatic rings. The molecule has 0 unspecified atom stereocenters. The van der Waals surface area contributed by atoms with E-state index in [-0.39, 0.29) is 6.61 Å². The Hall–Kier alpha value is -0.300. The fourth-order valence-corrected chi connectivity index (χ4v) is 2.15. The monoisotopic (exact) mass is 240 g/mol. The third kappa shape index (κ3) is 13.6. The van der Waals surface area contributed by atoms with E-state index >= 15 is 0 Å². The highest BCUT2D eigenvalue weighted by Crippen LogP contribution is 2.13. The minimum atomic E-state index is 0.198. The largest absolute Gasteiger partial charge is 0.392 e. The first-order valence-corrected chi connectivity index (χ1v) is 7.57. The van der Waals surface area contributed by atoms with Crippen molar-refractivity contribution < 1.29 is 5.11 Å². The van der Waals surface area contributed by atoms with Crippen molar-refractivity contribution in [2.75, 3.05) is 6.61 Å². The minimum Gasteiger partial charge on any atom is -0.392 e. The molecule has 0 aromatic carbocycles. The van der Waals surface area contributed by atoms with Gasteiger partial charge in [-0.05, 0) is 19.8 Å². The van der Waals surface area contributed by atoms with Crippen molar-refractivity contribution >= 4 is 0 Å². The van der Waals surface area contributed by atoms with Crippen LogP contribution < -0.4 is 0 Å². The summed E-state index contributed by atoms with van der Waals surface area (Å²) in [6.07, 6.45) is 17.0. The van der Waals surface area contributed by atoms with E-state index in [0.29, 0.717) is 0 Å². The zero-order chi connectivity index (χ0) is 12.8. The summed E-state index contributed by atoms with van der Waals surface area (Å²) in [5, 5.41) is 8.72. The van der Waals surface area contributed by atoms with Crippen molar-refractivity contribution in [3.63, 3.8) is 0 Å². The molecule has 17 heavy (non-hydrogen) atoms. The van der Waals surface area contributed by atoms with E-state index in [1.165, 1.54) is 69.8 Å². The molecule has 0 aliphatic carbocycles. The van der Waals surface area contributed by atoms with E-state index in [1.807, 2.05) is 6.08 Å². The first kappa shape index (κ1) is 16.7. The summed E-state index contributed by atoms with van der Waals surface area (Å²) in [4.78, 5) is 0. The predicted molar refractivity (Wildman–Crippen MR) is 77.3 cm³/mol. The van der Waals surface area contributed by atoms with Crippen molar-refractivity contribution in [3.8, 4) is 0 Å². The molecule has 0 saturated heterocycles. The van der Waals surface area contributed by atoms with Crippen LogP contribution in [0.3, 0.4) is 0 Å². The Balaban J connectivity index is 3.06. The molecule has 0 aliphatic heterocycles. The van der Waals surface area contributed by atoms with Crippen LogP contribution in [0, 0.1) is 0 Å². The highest BCUT2D eigenvalue weighted by Gasteiger charge is 1.93. The number of allylic oxidation sites excluding steroid dienone is 1. The van der Waals surface area contributed by atoms with Crippen LogP contribution in [-0.4, -0.2) is 11.7 Å². The molecule has 0 spiro atoms. The molecule has 1 heteroatoms. The summed E-state index contributed by atoms with van der Waals surface area (Å²) in [6, 6.07) is 0. The van der Waals surface area contributed by atoms with Crippen LogP contribution in [-0.2, 0) is 0 Å². The number of hydrogen-bond acceptors (Lipinski definition) is 1. The maximum Gasteiger partial charge on any atom is 0.0614 e. The van der Waals surface area contributed by atoms with Crippen LogP contribution in [0.2, 0.25) is 0 Å². The average Bonchev–Trinajstić information content (AvgIpc) is 2.32. The highest BCUT2D eigenvalue weighted by molar-refractivity contribution is 4.97. The Morgan fingerprint density at radius 1 is 0.824 bits per heavy atom. The van der Waals surface area contributed by atoms with Crippen molar-refractivity contribution in [2.24, 2.45) is 0 Å². The SMILES string of the molecule is CCCCCCCCCCCCC(C)=CCO. The second kappa shape index (κ2) is 13.8. The number of aliphatic hydroxyl groups is 1. The highest BCUT2D eigenvalue weighted by atomic mass is 16.2. The fraction of sp³-hybridized carbons (Fsp3) is 0.875. The lowest BCUT2D eigenvalue weighted by Gasteiger charge is -2.03. The first-order valence-electron chi connectivity index (χ1n) is 7.57. The van der Waals surface area contributed by atoms with Gasteiger partial charge >= 0.3 is 0 Å². The van der Waals surface area contributed by atoms with Crippen molar-refractivity contribution in [1.29, 1.82) is 0 Å². The molecule has 0 aliphatic rings. The van der Waals surface area contributed by atoms with Crippen LogP contribution in [0.5, 0.6) is 0 Å². The molecule has 0 atom stereocenters. The summed E-state index contributed by atoms with van der Waals surface area (Å²) in [6.45, 7) is 4.58. The standard InChI is InChI=1S/C16H32O/c1-3-4-5-6-7-8-9-10-11-12-13-16(2)14-15-17/h14,17H,3-13,15H2,1-2H3. The summed E-state index contributed by atoms with van der Waals surface area (Å²) >= 11 is 0. The molecule has 0 radical (unpaired) electrons. The van der Waals surface area contributed by atoms with Gasteiger partial charge in [0.05, 0.1) is 6.61 Å². The molecule has 0 bridgehead atoms. The van der Waals surface area contributed by atoms with Gasteiger partial charge in [-0.15, -0.1) is 0 Å². The van der Waals surface area contributed by atoms with Gasteiger partial charge in [0.2, 0.25) is 0 Å². The third-order valence-electron chi connectivity index (χ3n) is 3.36. The van der Waals surface area contributed by atoms with Crippen LogP contribution in [0.4, 0.5) is 0 Å². The zero-order valence-electron chi connectivity index (χ0n) is 12.0. The second-order valence-electron chi connectivity index (χ2n) is 5.17. The topological polar surface area (TPSA) is 20.2 Å². The van der Waals surface area contributed by atoms with E-state index < -0.39 is 0 Å². The lowest BCUT2D eigenvalue weighted by atomic mass is 10.0. The van der Waals surface area contributed by atoms with Gasteiger partial charge in [-0.3, -0.25) is 0 Å². The molecular formula is C16H32O. The third-order valence-corrected chi connectivity index (χ3v) is 3.36. The number of aliphatic hydroxyl groups excluding tert-OH is 1. The Morgan fingerprint density at radius 3 is 1.76 bits per heavy atom. The molecule has 0 aromatic heterocycles. The molecule has 0 saturated carbocycles. The number of hydrogen-bond donors (Lipinski definition) is 1.